The van der Waals surface area contributed by atoms with Gasteiger partial charge >= 0.3 is 227 Å². The van der Waals surface area contributed by atoms with Crippen LogP contribution in [0.2, 0.25) is 0 Å². The topological polar surface area (TPSA) is 76.7 Å². The molecule has 10 heteroatoms. The summed E-state index contributed by atoms with van der Waals surface area (Å²) in [5.74, 6) is 0.697. The molecular formula is C27H33F2IN5O2-. The van der Waals surface area contributed by atoms with Crippen LogP contribution in [-0.4, -0.2) is 56.9 Å². The van der Waals surface area contributed by atoms with Crippen molar-refractivity contribution in [3.63, 3.8) is 0 Å². The standard InChI is InChI=1S/C27H33F2IN5O2/c1-34(23-11-21(23)29)24-19-15-36-26(7-2-4-16-5-6-18(31)10-20(16)26)13-22(19)32-25(33-24)37-30-27-8-3-9-35(27)14-17(28)12-27/h5-6,10,17,21,23H,2-4,7-9,11-15,31H2,1H3/q-1/t17-,21+,23+,26+,27?/m1/s1. The number of hydrogen-bond acceptors (Lipinski definition) is 7. The molecule has 2 N–H and O–H groups in total. The van der Waals surface area contributed by atoms with E-state index in [4.69, 9.17) is 23.5 Å². The summed E-state index contributed by atoms with van der Waals surface area (Å²) in [4.78, 5) is 14.0. The number of aryl methyl sites for hydroxylation is 1. The normalized spacial score (nSPS) is 34.3. The molecule has 5 atom stereocenters. The number of benzene rings is 1. The van der Waals surface area contributed by atoms with Gasteiger partial charge in [-0.25, -0.2) is 0 Å². The Bertz CT molecular complexity index is 1240. The summed E-state index contributed by atoms with van der Waals surface area (Å²) in [6.07, 6.45) is 5.01. The third kappa shape index (κ3) is 4.09. The Morgan fingerprint density at radius 2 is 2.11 bits per heavy atom. The van der Waals surface area contributed by atoms with Crippen molar-refractivity contribution in [2.45, 2.75) is 85.5 Å². The van der Waals surface area contributed by atoms with Gasteiger partial charge in [0.05, 0.1) is 0 Å². The number of ether oxygens (including phenoxy) is 1. The van der Waals surface area contributed by atoms with E-state index in [9.17, 15) is 8.78 Å². The number of alkyl halides is 3. The Labute approximate surface area is 226 Å². The summed E-state index contributed by atoms with van der Waals surface area (Å²) < 4.78 is 41.3. The Kier molecular flexibility index (Phi) is 5.82. The van der Waals surface area contributed by atoms with Gasteiger partial charge in [-0.15, -0.1) is 0 Å². The number of hydrogen-bond donors (Lipinski definition) is 1. The van der Waals surface area contributed by atoms with Crippen LogP contribution in [-0.2, 0) is 29.8 Å². The molecule has 4 heterocycles. The molecule has 1 spiro atoms. The minimum absolute atomic E-state index is 0.172. The summed E-state index contributed by atoms with van der Waals surface area (Å²) in [5.41, 5.74) is 10.7. The van der Waals surface area contributed by atoms with Gasteiger partial charge in [-0.05, 0) is 0 Å². The van der Waals surface area contributed by atoms with Crippen LogP contribution >= 0.6 is 0 Å². The Balaban J connectivity index is 1.24. The maximum atomic E-state index is 14.3. The van der Waals surface area contributed by atoms with Crippen molar-refractivity contribution in [2.75, 3.05) is 30.8 Å². The summed E-state index contributed by atoms with van der Waals surface area (Å²) in [6, 6.07) is 6.28. The molecular weight excluding hydrogens is 591 g/mol. The Morgan fingerprint density at radius 3 is 2.95 bits per heavy atom. The van der Waals surface area contributed by atoms with E-state index in [1.165, 1.54) is 5.56 Å². The summed E-state index contributed by atoms with van der Waals surface area (Å²) >= 11 is -0.856. The van der Waals surface area contributed by atoms with E-state index in [2.05, 4.69) is 17.0 Å². The van der Waals surface area contributed by atoms with E-state index in [0.717, 1.165) is 61.2 Å². The molecule has 1 aromatic heterocycles. The van der Waals surface area contributed by atoms with Gasteiger partial charge in [0.1, 0.15) is 0 Å². The number of nitrogens with two attached hydrogens (primary N) is 1. The molecule has 7 rings (SSSR count). The zero-order chi connectivity index (χ0) is 25.4. The van der Waals surface area contributed by atoms with Gasteiger partial charge in [0.25, 0.3) is 0 Å². The summed E-state index contributed by atoms with van der Waals surface area (Å²) in [5, 5.41) is 0. The first-order valence-electron chi connectivity index (χ1n) is 13.4. The van der Waals surface area contributed by atoms with Crippen LogP contribution in [0.25, 0.3) is 0 Å². The molecule has 1 saturated carbocycles. The van der Waals surface area contributed by atoms with Crippen LogP contribution in [0, 0.1) is 0 Å². The number of fused-ring (bicyclic) bond motifs is 4. The van der Waals surface area contributed by atoms with Crippen LogP contribution in [0.1, 0.15) is 60.9 Å². The third-order valence-electron chi connectivity index (χ3n) is 8.92. The van der Waals surface area contributed by atoms with Crippen molar-refractivity contribution in [3.05, 3.63) is 40.6 Å². The first-order chi connectivity index (χ1) is 17.9. The van der Waals surface area contributed by atoms with Crippen LogP contribution in [0.3, 0.4) is 0 Å². The second-order valence-electron chi connectivity index (χ2n) is 11.3. The number of nitrogens with zero attached hydrogens (tertiary/aromatic N) is 4. The average molecular weight is 624 g/mol. The molecule has 2 aliphatic carbocycles. The fraction of sp³-hybridized carbons (Fsp3) is 0.630. The van der Waals surface area contributed by atoms with E-state index >= 15 is 0 Å². The molecule has 2 aromatic rings. The summed E-state index contributed by atoms with van der Waals surface area (Å²) in [7, 11) is 1.90. The molecule has 200 valence electrons. The number of rotatable bonds is 5. The van der Waals surface area contributed by atoms with Gasteiger partial charge in [0.15, 0.2) is 0 Å². The molecule has 37 heavy (non-hydrogen) atoms. The SMILES string of the molecule is CN(c1nc(O[I-]C23CCCN2C[C@H](F)C3)nc2c1CO[C@@]1(CCCc3ccc(N)cc31)C2)[C@H]1C[C@@H]1F. The molecule has 1 unspecified atom stereocenters. The molecule has 1 aromatic carbocycles. The van der Waals surface area contributed by atoms with E-state index < -0.39 is 39.6 Å². The Hall–Kier alpha value is -1.79. The molecule has 0 amide bonds. The predicted octanol–water partition coefficient (Wildman–Crippen LogP) is 0.827. The van der Waals surface area contributed by atoms with E-state index in [1.807, 2.05) is 18.0 Å². The number of anilines is 2. The first-order valence-corrected chi connectivity index (χ1v) is 15.3. The van der Waals surface area contributed by atoms with Crippen LogP contribution in [0.5, 0.6) is 6.01 Å². The molecule has 0 bridgehead atoms. The third-order valence-corrected chi connectivity index (χ3v) is 12.0. The van der Waals surface area contributed by atoms with E-state index in [0.29, 0.717) is 44.2 Å². The van der Waals surface area contributed by atoms with Crippen molar-refractivity contribution >= 4 is 11.5 Å². The van der Waals surface area contributed by atoms with Gasteiger partial charge in [0.2, 0.25) is 0 Å². The van der Waals surface area contributed by atoms with Crippen LogP contribution in [0.4, 0.5) is 20.3 Å². The number of aromatic nitrogens is 2. The molecule has 3 fully saturated rings. The molecule has 7 nitrogen and oxygen atoms in total. The second kappa shape index (κ2) is 8.87. The summed E-state index contributed by atoms with van der Waals surface area (Å²) in [6.45, 7) is 1.80. The molecule has 2 saturated heterocycles. The van der Waals surface area contributed by atoms with Crippen molar-refractivity contribution in [2.24, 2.45) is 0 Å². The zero-order valence-corrected chi connectivity index (χ0v) is 23.2. The number of halogens is 3. The van der Waals surface area contributed by atoms with Crippen molar-refractivity contribution in [1.82, 2.24) is 14.9 Å². The van der Waals surface area contributed by atoms with Crippen LogP contribution < -0.4 is 35.3 Å². The Morgan fingerprint density at radius 1 is 1.24 bits per heavy atom. The van der Waals surface area contributed by atoms with E-state index in [1.54, 1.807) is 0 Å². The molecule has 3 aliphatic heterocycles. The van der Waals surface area contributed by atoms with Gasteiger partial charge in [0, 0.05) is 0 Å². The maximum absolute atomic E-state index is 14.3. The zero-order valence-electron chi connectivity index (χ0n) is 21.1. The van der Waals surface area contributed by atoms with E-state index in [-0.39, 0.29) is 9.59 Å². The van der Waals surface area contributed by atoms with Crippen molar-refractivity contribution in [3.8, 4) is 6.01 Å². The van der Waals surface area contributed by atoms with Gasteiger partial charge in [-0.2, -0.15) is 0 Å². The first kappa shape index (κ1) is 24.3. The van der Waals surface area contributed by atoms with Gasteiger partial charge in [-0.3, -0.25) is 0 Å². The van der Waals surface area contributed by atoms with Crippen molar-refractivity contribution in [1.29, 1.82) is 0 Å². The quantitative estimate of drug-likeness (QED) is 0.229. The minimum atomic E-state index is -0.856. The molecule has 5 aliphatic rings. The second-order valence-corrected chi connectivity index (χ2v) is 14.2. The van der Waals surface area contributed by atoms with Crippen LogP contribution in [0.15, 0.2) is 18.2 Å². The van der Waals surface area contributed by atoms with Crippen molar-refractivity contribution < 1.29 is 38.2 Å². The van der Waals surface area contributed by atoms with Gasteiger partial charge < -0.3 is 0 Å². The monoisotopic (exact) mass is 624 g/mol. The molecule has 0 radical (unpaired) electrons. The predicted molar refractivity (Wildman–Crippen MR) is 131 cm³/mol. The fourth-order valence-electron chi connectivity index (χ4n) is 6.88. The number of nitrogen functional groups attached to an aromatic ring is 1. The average Bonchev–Trinajstić information content (AvgIpc) is 3.36. The van der Waals surface area contributed by atoms with Gasteiger partial charge in [-0.1, -0.05) is 0 Å². The fourth-order valence-corrected chi connectivity index (χ4v) is 9.66.